The fourth-order valence-electron chi connectivity index (χ4n) is 1.84. The van der Waals surface area contributed by atoms with E-state index in [1.165, 1.54) is 0 Å². The number of ether oxygens (including phenoxy) is 1. The maximum atomic E-state index is 12.5. The molecule has 0 radical (unpaired) electrons. The molecule has 0 saturated carbocycles. The Kier molecular flexibility index (Phi) is 4.58. The van der Waals surface area contributed by atoms with Crippen LogP contribution in [0, 0.1) is 0 Å². The smallest absolute Gasteiger partial charge is 0.338 e. The lowest BCUT2D eigenvalue weighted by molar-refractivity contribution is 0.0523. The van der Waals surface area contributed by atoms with Crippen LogP contribution in [-0.2, 0) is 4.74 Å². The van der Waals surface area contributed by atoms with Gasteiger partial charge in [0.2, 0.25) is 0 Å². The lowest BCUT2D eigenvalue weighted by Crippen LogP contribution is -2.12. The van der Waals surface area contributed by atoms with Crippen LogP contribution in [0.25, 0.3) is 0 Å². The van der Waals surface area contributed by atoms with Crippen LogP contribution in [-0.4, -0.2) is 18.4 Å². The minimum atomic E-state index is -0.484. The van der Waals surface area contributed by atoms with E-state index in [-0.39, 0.29) is 18.0 Å². The maximum absolute atomic E-state index is 12.5. The molecule has 0 aliphatic heterocycles. The highest BCUT2D eigenvalue weighted by atomic mass is 32.1. The standard InChI is InChI=1S/C16H14O3S/c1-2-19-16(18)14-6-4-3-5-13(14)15(17)11-7-9-12(20)10-8-11/h3-10,20H,2H2,1H3. The topological polar surface area (TPSA) is 43.4 Å². The van der Waals surface area contributed by atoms with Crippen LogP contribution in [0.3, 0.4) is 0 Å². The molecular formula is C16H14O3S. The van der Waals surface area contributed by atoms with Crippen LogP contribution in [0.5, 0.6) is 0 Å². The Hall–Kier alpha value is -2.07. The van der Waals surface area contributed by atoms with Gasteiger partial charge >= 0.3 is 5.97 Å². The molecule has 0 atom stereocenters. The van der Waals surface area contributed by atoms with Crippen molar-refractivity contribution in [3.05, 3.63) is 65.2 Å². The first kappa shape index (κ1) is 14.3. The van der Waals surface area contributed by atoms with Crippen LogP contribution in [0.2, 0.25) is 0 Å². The highest BCUT2D eigenvalue weighted by Crippen LogP contribution is 2.17. The van der Waals surface area contributed by atoms with E-state index < -0.39 is 5.97 Å². The first-order valence-electron chi connectivity index (χ1n) is 6.23. The number of hydrogen-bond acceptors (Lipinski definition) is 4. The van der Waals surface area contributed by atoms with Gasteiger partial charge in [-0.3, -0.25) is 4.79 Å². The molecule has 0 spiro atoms. The molecule has 2 rings (SSSR count). The van der Waals surface area contributed by atoms with E-state index in [0.29, 0.717) is 11.1 Å². The fraction of sp³-hybridized carbons (Fsp3) is 0.125. The number of hydrogen-bond donors (Lipinski definition) is 1. The largest absolute Gasteiger partial charge is 0.462 e. The van der Waals surface area contributed by atoms with Crippen LogP contribution in [0.4, 0.5) is 0 Å². The number of benzene rings is 2. The summed E-state index contributed by atoms with van der Waals surface area (Å²) >= 11 is 4.18. The summed E-state index contributed by atoms with van der Waals surface area (Å²) in [6.45, 7) is 2.00. The molecule has 20 heavy (non-hydrogen) atoms. The Morgan fingerprint density at radius 1 is 1.00 bits per heavy atom. The van der Waals surface area contributed by atoms with Crippen molar-refractivity contribution in [3.8, 4) is 0 Å². The molecule has 0 aliphatic rings. The van der Waals surface area contributed by atoms with Crippen molar-refractivity contribution in [2.75, 3.05) is 6.61 Å². The van der Waals surface area contributed by atoms with Gasteiger partial charge in [0.25, 0.3) is 0 Å². The molecule has 0 amide bonds. The van der Waals surface area contributed by atoms with Gasteiger partial charge in [-0.25, -0.2) is 4.79 Å². The number of carbonyl (C=O) groups excluding carboxylic acids is 2. The van der Waals surface area contributed by atoms with E-state index in [1.807, 2.05) is 0 Å². The van der Waals surface area contributed by atoms with E-state index in [4.69, 9.17) is 4.74 Å². The lowest BCUT2D eigenvalue weighted by Gasteiger charge is -2.08. The van der Waals surface area contributed by atoms with Gasteiger partial charge in [0.05, 0.1) is 12.2 Å². The molecule has 0 bridgehead atoms. The minimum absolute atomic E-state index is 0.206. The van der Waals surface area contributed by atoms with Crippen molar-refractivity contribution in [1.82, 2.24) is 0 Å². The zero-order valence-corrected chi connectivity index (χ0v) is 11.9. The summed E-state index contributed by atoms with van der Waals surface area (Å²) in [4.78, 5) is 25.1. The predicted molar refractivity (Wildman–Crippen MR) is 79.5 cm³/mol. The number of carbonyl (C=O) groups is 2. The van der Waals surface area contributed by atoms with Gasteiger partial charge in [0.1, 0.15) is 0 Å². The van der Waals surface area contributed by atoms with Gasteiger partial charge in [-0.15, -0.1) is 12.6 Å². The van der Waals surface area contributed by atoms with Gasteiger partial charge in [0.15, 0.2) is 5.78 Å². The van der Waals surface area contributed by atoms with Crippen LogP contribution in [0.1, 0.15) is 33.2 Å². The summed E-state index contributed by atoms with van der Waals surface area (Å²) in [6, 6.07) is 13.5. The van der Waals surface area contributed by atoms with E-state index in [1.54, 1.807) is 55.5 Å². The van der Waals surface area contributed by atoms with Crippen molar-refractivity contribution in [2.24, 2.45) is 0 Å². The number of thiol groups is 1. The van der Waals surface area contributed by atoms with Crippen LogP contribution < -0.4 is 0 Å². The summed E-state index contributed by atoms with van der Waals surface area (Å²) < 4.78 is 4.97. The third kappa shape index (κ3) is 3.08. The van der Waals surface area contributed by atoms with Gasteiger partial charge < -0.3 is 4.74 Å². The van der Waals surface area contributed by atoms with Crippen molar-refractivity contribution in [1.29, 1.82) is 0 Å². The predicted octanol–water partition coefficient (Wildman–Crippen LogP) is 3.38. The lowest BCUT2D eigenvalue weighted by atomic mass is 9.98. The van der Waals surface area contributed by atoms with E-state index >= 15 is 0 Å². The normalized spacial score (nSPS) is 10.1. The SMILES string of the molecule is CCOC(=O)c1ccccc1C(=O)c1ccc(S)cc1. The number of ketones is 1. The quantitative estimate of drug-likeness (QED) is 0.532. The molecular weight excluding hydrogens is 272 g/mol. The Balaban J connectivity index is 2.39. The Bertz CT molecular complexity index is 632. The number of rotatable bonds is 4. The van der Waals surface area contributed by atoms with Crippen LogP contribution >= 0.6 is 12.6 Å². The summed E-state index contributed by atoms with van der Waals surface area (Å²) in [5.74, 6) is -0.691. The van der Waals surface area contributed by atoms with Crippen LogP contribution in [0.15, 0.2) is 53.4 Å². The summed E-state index contributed by atoms with van der Waals surface area (Å²) in [6.07, 6.45) is 0. The van der Waals surface area contributed by atoms with E-state index in [0.717, 1.165) is 4.90 Å². The van der Waals surface area contributed by atoms with Gasteiger partial charge in [-0.05, 0) is 37.3 Å². The molecule has 3 nitrogen and oxygen atoms in total. The van der Waals surface area contributed by atoms with Crippen molar-refractivity contribution in [2.45, 2.75) is 11.8 Å². The maximum Gasteiger partial charge on any atom is 0.338 e. The highest BCUT2D eigenvalue weighted by Gasteiger charge is 2.18. The second-order valence-electron chi connectivity index (χ2n) is 4.14. The first-order chi connectivity index (χ1) is 9.63. The van der Waals surface area contributed by atoms with E-state index in [9.17, 15) is 9.59 Å². The van der Waals surface area contributed by atoms with E-state index in [2.05, 4.69) is 12.6 Å². The molecule has 2 aromatic rings. The molecule has 0 fully saturated rings. The fourth-order valence-corrected chi connectivity index (χ4v) is 1.99. The molecule has 0 N–H and O–H groups in total. The Morgan fingerprint density at radius 3 is 2.20 bits per heavy atom. The highest BCUT2D eigenvalue weighted by molar-refractivity contribution is 7.80. The molecule has 0 aliphatic carbocycles. The monoisotopic (exact) mass is 286 g/mol. The Labute approximate surface area is 123 Å². The zero-order valence-electron chi connectivity index (χ0n) is 11.0. The van der Waals surface area contributed by atoms with Gasteiger partial charge in [0, 0.05) is 16.0 Å². The van der Waals surface area contributed by atoms with Gasteiger partial charge in [-0.2, -0.15) is 0 Å². The minimum Gasteiger partial charge on any atom is -0.462 e. The van der Waals surface area contributed by atoms with Crippen molar-refractivity contribution >= 4 is 24.4 Å². The average Bonchev–Trinajstić information content (AvgIpc) is 2.47. The number of esters is 1. The third-order valence-corrected chi connectivity index (χ3v) is 3.09. The summed E-state index contributed by atoms with van der Waals surface area (Å²) in [5, 5.41) is 0. The van der Waals surface area contributed by atoms with Crippen molar-refractivity contribution < 1.29 is 14.3 Å². The molecule has 0 saturated heterocycles. The molecule has 0 aromatic heterocycles. The molecule has 0 heterocycles. The summed E-state index contributed by atoms with van der Waals surface area (Å²) in [5.41, 5.74) is 1.15. The van der Waals surface area contributed by atoms with Crippen molar-refractivity contribution in [3.63, 3.8) is 0 Å². The Morgan fingerprint density at radius 2 is 1.60 bits per heavy atom. The molecule has 4 heteroatoms. The molecule has 102 valence electrons. The molecule has 2 aromatic carbocycles. The first-order valence-corrected chi connectivity index (χ1v) is 6.68. The summed E-state index contributed by atoms with van der Waals surface area (Å²) in [7, 11) is 0. The third-order valence-electron chi connectivity index (χ3n) is 2.80. The second kappa shape index (κ2) is 6.39. The average molecular weight is 286 g/mol. The second-order valence-corrected chi connectivity index (χ2v) is 4.66. The van der Waals surface area contributed by atoms with Gasteiger partial charge in [-0.1, -0.05) is 18.2 Å². The molecule has 0 unspecified atom stereocenters. The zero-order chi connectivity index (χ0) is 14.5.